The van der Waals surface area contributed by atoms with E-state index in [0.29, 0.717) is 0 Å². The van der Waals surface area contributed by atoms with E-state index in [2.05, 4.69) is 0 Å². The summed E-state index contributed by atoms with van der Waals surface area (Å²) in [6.07, 6.45) is 0. The van der Waals surface area contributed by atoms with Gasteiger partial charge in [-0.2, -0.15) is 0 Å². The number of carbonyl (C=O) groups is 1. The van der Waals surface area contributed by atoms with E-state index in [4.69, 9.17) is 15.2 Å². The molecule has 4 nitrogen and oxygen atoms in total. The molecule has 1 rings (SSSR count). The monoisotopic (exact) mass is 237 g/mol. The van der Waals surface area contributed by atoms with E-state index < -0.39 is 6.04 Å². The Balaban J connectivity index is 2.52. The minimum Gasteiger partial charge on any atom is -0.497 e. The van der Waals surface area contributed by atoms with Crippen molar-refractivity contribution in [2.45, 2.75) is 26.5 Å². The lowest BCUT2D eigenvalue weighted by Crippen LogP contribution is -2.36. The summed E-state index contributed by atoms with van der Waals surface area (Å²) in [5.74, 6) is 0.447. The van der Waals surface area contributed by atoms with Gasteiger partial charge in [0.15, 0.2) is 0 Å². The third-order valence-electron chi connectivity index (χ3n) is 2.51. The summed E-state index contributed by atoms with van der Waals surface area (Å²) in [5, 5.41) is 0. The average Bonchev–Trinajstić information content (AvgIpc) is 2.35. The third kappa shape index (κ3) is 4.07. The molecule has 94 valence electrons. The first-order valence-corrected chi connectivity index (χ1v) is 5.59. The van der Waals surface area contributed by atoms with Crippen LogP contribution in [0.1, 0.15) is 19.4 Å². The smallest absolute Gasteiger partial charge is 0.323 e. The van der Waals surface area contributed by atoms with Gasteiger partial charge in [0.25, 0.3) is 0 Å². The molecule has 17 heavy (non-hydrogen) atoms. The van der Waals surface area contributed by atoms with E-state index in [-0.39, 0.29) is 18.5 Å². The van der Waals surface area contributed by atoms with Crippen LogP contribution in [0.5, 0.6) is 5.75 Å². The second kappa shape index (κ2) is 6.25. The third-order valence-corrected chi connectivity index (χ3v) is 2.51. The second-order valence-electron chi connectivity index (χ2n) is 4.23. The summed E-state index contributed by atoms with van der Waals surface area (Å²) >= 11 is 0. The van der Waals surface area contributed by atoms with Gasteiger partial charge >= 0.3 is 5.97 Å². The van der Waals surface area contributed by atoms with Crippen LogP contribution in [0, 0.1) is 5.92 Å². The molecule has 0 heterocycles. The molecule has 0 saturated heterocycles. The van der Waals surface area contributed by atoms with Crippen LogP contribution >= 0.6 is 0 Å². The minimum atomic E-state index is -0.569. The van der Waals surface area contributed by atoms with E-state index in [0.717, 1.165) is 11.3 Å². The summed E-state index contributed by atoms with van der Waals surface area (Å²) in [5.41, 5.74) is 6.56. The van der Waals surface area contributed by atoms with Gasteiger partial charge < -0.3 is 15.2 Å². The highest BCUT2D eigenvalue weighted by molar-refractivity contribution is 5.75. The highest BCUT2D eigenvalue weighted by Crippen LogP contribution is 2.13. The van der Waals surface area contributed by atoms with E-state index in [1.165, 1.54) is 0 Å². The van der Waals surface area contributed by atoms with Crippen molar-refractivity contribution in [3.8, 4) is 5.75 Å². The quantitative estimate of drug-likeness (QED) is 0.792. The van der Waals surface area contributed by atoms with Crippen molar-refractivity contribution in [2.75, 3.05) is 7.11 Å². The fourth-order valence-electron chi connectivity index (χ4n) is 1.29. The first-order chi connectivity index (χ1) is 8.04. The van der Waals surface area contributed by atoms with E-state index >= 15 is 0 Å². The SMILES string of the molecule is COc1cccc(COC(=O)C(N)C(C)C)c1. The number of methoxy groups -OCH3 is 1. The van der Waals surface area contributed by atoms with Gasteiger partial charge in [0.1, 0.15) is 18.4 Å². The van der Waals surface area contributed by atoms with Crippen LogP contribution in [0.3, 0.4) is 0 Å². The van der Waals surface area contributed by atoms with Crippen LogP contribution in [-0.4, -0.2) is 19.1 Å². The molecular weight excluding hydrogens is 218 g/mol. The highest BCUT2D eigenvalue weighted by Gasteiger charge is 2.18. The number of benzene rings is 1. The maximum absolute atomic E-state index is 11.5. The lowest BCUT2D eigenvalue weighted by Gasteiger charge is -2.14. The number of nitrogens with two attached hydrogens (primary N) is 1. The van der Waals surface area contributed by atoms with Crippen LogP contribution in [0.15, 0.2) is 24.3 Å². The van der Waals surface area contributed by atoms with E-state index in [1.54, 1.807) is 7.11 Å². The molecular formula is C13H19NO3. The molecule has 0 aliphatic heterocycles. The summed E-state index contributed by atoms with van der Waals surface area (Å²) < 4.78 is 10.2. The molecule has 0 radical (unpaired) electrons. The van der Waals surface area contributed by atoms with Crippen LogP contribution < -0.4 is 10.5 Å². The van der Waals surface area contributed by atoms with Crippen LogP contribution in [0.4, 0.5) is 0 Å². The Morgan fingerprint density at radius 1 is 1.41 bits per heavy atom. The Morgan fingerprint density at radius 3 is 2.71 bits per heavy atom. The van der Waals surface area contributed by atoms with Crippen molar-refractivity contribution < 1.29 is 14.3 Å². The van der Waals surface area contributed by atoms with Crippen molar-refractivity contribution >= 4 is 5.97 Å². The molecule has 0 aliphatic rings. The fraction of sp³-hybridized carbons (Fsp3) is 0.462. The number of hydrogen-bond acceptors (Lipinski definition) is 4. The number of ether oxygens (including phenoxy) is 2. The molecule has 0 amide bonds. The molecule has 1 atom stereocenters. The molecule has 0 fully saturated rings. The van der Waals surface area contributed by atoms with Crippen molar-refractivity contribution in [1.82, 2.24) is 0 Å². The Hall–Kier alpha value is -1.55. The van der Waals surface area contributed by atoms with Crippen molar-refractivity contribution in [3.63, 3.8) is 0 Å². The zero-order valence-electron chi connectivity index (χ0n) is 10.5. The first kappa shape index (κ1) is 13.5. The first-order valence-electron chi connectivity index (χ1n) is 5.59. The van der Waals surface area contributed by atoms with Crippen molar-refractivity contribution in [2.24, 2.45) is 11.7 Å². The van der Waals surface area contributed by atoms with Gasteiger partial charge in [0, 0.05) is 0 Å². The molecule has 1 aromatic rings. The molecule has 0 spiro atoms. The Labute approximate surface area is 102 Å². The van der Waals surface area contributed by atoms with Crippen molar-refractivity contribution in [3.05, 3.63) is 29.8 Å². The molecule has 2 N–H and O–H groups in total. The van der Waals surface area contributed by atoms with Gasteiger partial charge in [-0.15, -0.1) is 0 Å². The second-order valence-corrected chi connectivity index (χ2v) is 4.23. The zero-order valence-corrected chi connectivity index (χ0v) is 10.5. The fourth-order valence-corrected chi connectivity index (χ4v) is 1.29. The predicted octanol–water partition coefficient (Wildman–Crippen LogP) is 1.72. The van der Waals surface area contributed by atoms with E-state index in [9.17, 15) is 4.79 Å². The maximum atomic E-state index is 11.5. The summed E-state index contributed by atoms with van der Waals surface area (Å²) in [6, 6.07) is 6.82. The molecule has 1 aromatic carbocycles. The van der Waals surface area contributed by atoms with Gasteiger partial charge in [-0.3, -0.25) is 4.79 Å². The van der Waals surface area contributed by atoms with Gasteiger partial charge in [-0.1, -0.05) is 26.0 Å². The minimum absolute atomic E-state index is 0.0767. The van der Waals surface area contributed by atoms with Crippen LogP contribution in [0.25, 0.3) is 0 Å². The van der Waals surface area contributed by atoms with E-state index in [1.807, 2.05) is 38.1 Å². The molecule has 4 heteroatoms. The van der Waals surface area contributed by atoms with Crippen LogP contribution in [-0.2, 0) is 16.1 Å². The Bertz CT molecular complexity index is 377. The normalized spacial score (nSPS) is 12.3. The molecule has 0 bridgehead atoms. The predicted molar refractivity (Wildman–Crippen MR) is 65.6 cm³/mol. The number of hydrogen-bond donors (Lipinski definition) is 1. The summed E-state index contributed by atoms with van der Waals surface area (Å²) in [4.78, 5) is 11.5. The topological polar surface area (TPSA) is 61.5 Å². The zero-order chi connectivity index (χ0) is 12.8. The number of rotatable bonds is 5. The molecule has 0 aromatic heterocycles. The number of carbonyl (C=O) groups excluding carboxylic acids is 1. The largest absolute Gasteiger partial charge is 0.497 e. The lowest BCUT2D eigenvalue weighted by atomic mass is 10.1. The standard InChI is InChI=1S/C13H19NO3/c1-9(2)12(14)13(15)17-8-10-5-4-6-11(7-10)16-3/h4-7,9,12H,8,14H2,1-3H3. The van der Waals surface area contributed by atoms with Crippen molar-refractivity contribution in [1.29, 1.82) is 0 Å². The molecule has 0 aliphatic carbocycles. The van der Waals surface area contributed by atoms with Gasteiger partial charge in [0.2, 0.25) is 0 Å². The molecule has 0 saturated carbocycles. The Morgan fingerprint density at radius 2 is 2.12 bits per heavy atom. The number of esters is 1. The van der Waals surface area contributed by atoms with Gasteiger partial charge in [-0.05, 0) is 23.6 Å². The average molecular weight is 237 g/mol. The van der Waals surface area contributed by atoms with Gasteiger partial charge in [0.05, 0.1) is 7.11 Å². The maximum Gasteiger partial charge on any atom is 0.323 e. The summed E-state index contributed by atoms with van der Waals surface area (Å²) in [7, 11) is 1.60. The highest BCUT2D eigenvalue weighted by atomic mass is 16.5. The molecule has 1 unspecified atom stereocenters. The summed E-state index contributed by atoms with van der Waals surface area (Å²) in [6.45, 7) is 3.99. The lowest BCUT2D eigenvalue weighted by molar-refractivity contribution is -0.147. The van der Waals surface area contributed by atoms with Crippen LogP contribution in [0.2, 0.25) is 0 Å². The van der Waals surface area contributed by atoms with Gasteiger partial charge in [-0.25, -0.2) is 0 Å². The Kier molecular flexibility index (Phi) is 4.97.